The van der Waals surface area contributed by atoms with E-state index in [4.69, 9.17) is 10.2 Å². The van der Waals surface area contributed by atoms with E-state index in [0.29, 0.717) is 0 Å². The van der Waals surface area contributed by atoms with Crippen molar-refractivity contribution in [3.8, 4) is 0 Å². The molecule has 0 aromatic heterocycles. The zero-order chi connectivity index (χ0) is 8.85. The van der Waals surface area contributed by atoms with Crippen LogP contribution >= 0.6 is 0 Å². The molecule has 6 nitrogen and oxygen atoms in total. The van der Waals surface area contributed by atoms with Crippen LogP contribution in [0.3, 0.4) is 0 Å². The number of rotatable bonds is 5. The number of methoxy groups -OCH3 is 1. The number of aliphatic hydroxyl groups is 1. The topological polar surface area (TPSA) is 95.9 Å². The van der Waals surface area contributed by atoms with Crippen LogP contribution in [0.25, 0.3) is 0 Å². The molecule has 0 saturated carbocycles. The van der Waals surface area contributed by atoms with Crippen LogP contribution in [0.4, 0.5) is 0 Å². The lowest BCUT2D eigenvalue weighted by Crippen LogP contribution is -2.45. The minimum atomic E-state index is -1.44. The third-order valence-corrected chi connectivity index (χ3v) is 0.948. The van der Waals surface area contributed by atoms with Gasteiger partial charge in [0.25, 0.3) is 0 Å². The van der Waals surface area contributed by atoms with E-state index in [9.17, 15) is 9.59 Å². The predicted octanol–water partition coefficient (Wildman–Crippen LogP) is -1.85. The van der Waals surface area contributed by atoms with Gasteiger partial charge in [0.15, 0.2) is 6.04 Å². The average molecular weight is 163 g/mol. The number of hydrogen-bond acceptors (Lipinski definition) is 5. The zero-order valence-electron chi connectivity index (χ0n) is 5.85. The first-order chi connectivity index (χ1) is 5.11. The van der Waals surface area contributed by atoms with E-state index in [2.05, 4.69) is 4.74 Å². The fraction of sp³-hybridized carbons (Fsp3) is 0.600. The van der Waals surface area contributed by atoms with Gasteiger partial charge in [0.05, 0.1) is 0 Å². The first kappa shape index (κ1) is 10.0. The van der Waals surface area contributed by atoms with E-state index >= 15 is 0 Å². The van der Waals surface area contributed by atoms with E-state index in [1.165, 1.54) is 7.11 Å². The summed E-state index contributed by atoms with van der Waals surface area (Å²) in [4.78, 5) is 20.1. The third-order valence-electron chi connectivity index (χ3n) is 0.948. The highest BCUT2D eigenvalue weighted by Gasteiger charge is 2.18. The third kappa shape index (κ3) is 3.66. The first-order valence-corrected chi connectivity index (χ1v) is 2.76. The van der Waals surface area contributed by atoms with E-state index < -0.39 is 18.4 Å². The molecule has 0 aliphatic heterocycles. The van der Waals surface area contributed by atoms with Crippen molar-refractivity contribution in [2.75, 3.05) is 7.11 Å². The summed E-state index contributed by atoms with van der Waals surface area (Å²) in [6.45, 7) is 0. The second-order valence-corrected chi connectivity index (χ2v) is 1.71. The standard InChI is InChI=1S/C5H9NO5/c1-11-5(10)6-3(2-7)4(8)9/h2-3,5-6,10H,1H3,(H,8,9). The van der Waals surface area contributed by atoms with Crippen molar-refractivity contribution in [3.05, 3.63) is 0 Å². The summed E-state index contributed by atoms with van der Waals surface area (Å²) in [6, 6.07) is -1.44. The van der Waals surface area contributed by atoms with Gasteiger partial charge < -0.3 is 19.7 Å². The highest BCUT2D eigenvalue weighted by molar-refractivity contribution is 5.90. The number of aliphatic hydroxyl groups excluding tert-OH is 1. The maximum atomic E-state index is 10.1. The Morgan fingerprint density at radius 2 is 2.27 bits per heavy atom. The molecule has 2 atom stereocenters. The van der Waals surface area contributed by atoms with Gasteiger partial charge in [-0.25, -0.2) is 5.32 Å². The number of carboxylic acids is 1. The second kappa shape index (κ2) is 4.78. The molecular weight excluding hydrogens is 154 g/mol. The minimum Gasteiger partial charge on any atom is -0.480 e. The molecule has 0 saturated heterocycles. The molecule has 0 aromatic rings. The van der Waals surface area contributed by atoms with E-state index in [1.807, 2.05) is 5.32 Å². The number of carbonyl (C=O) groups is 2. The molecule has 0 radical (unpaired) electrons. The predicted molar refractivity (Wildman–Crippen MR) is 33.6 cm³/mol. The number of nitrogens with one attached hydrogen (secondary N) is 1. The number of aliphatic carboxylic acids is 1. The average Bonchev–Trinajstić information content (AvgIpc) is 1.99. The minimum absolute atomic E-state index is 0.157. The number of hydrogen-bond donors (Lipinski definition) is 3. The molecule has 11 heavy (non-hydrogen) atoms. The summed E-state index contributed by atoms with van der Waals surface area (Å²) in [7, 11) is 1.17. The van der Waals surface area contributed by atoms with Crippen LogP contribution in [0.1, 0.15) is 0 Å². The number of carbonyl (C=O) groups excluding carboxylic acids is 1. The van der Waals surface area contributed by atoms with Crippen LogP contribution in [0, 0.1) is 0 Å². The van der Waals surface area contributed by atoms with E-state index in [0.717, 1.165) is 0 Å². The van der Waals surface area contributed by atoms with Crippen LogP contribution in [-0.4, -0.2) is 42.0 Å². The van der Waals surface area contributed by atoms with Crippen molar-refractivity contribution in [2.45, 2.75) is 12.5 Å². The summed E-state index contributed by atoms with van der Waals surface area (Å²) in [5.74, 6) is -1.36. The molecule has 0 bridgehead atoms. The van der Waals surface area contributed by atoms with Gasteiger partial charge in [-0.3, -0.25) is 4.79 Å². The Hall–Kier alpha value is -0.980. The largest absolute Gasteiger partial charge is 0.480 e. The summed E-state index contributed by atoms with van der Waals surface area (Å²) in [5.41, 5.74) is 0. The van der Waals surface area contributed by atoms with E-state index in [1.54, 1.807) is 0 Å². The normalized spacial score (nSPS) is 15.5. The lowest BCUT2D eigenvalue weighted by Gasteiger charge is -2.12. The molecule has 0 rings (SSSR count). The van der Waals surface area contributed by atoms with E-state index in [-0.39, 0.29) is 6.29 Å². The molecule has 3 N–H and O–H groups in total. The van der Waals surface area contributed by atoms with Crippen LogP contribution in [0.2, 0.25) is 0 Å². The monoisotopic (exact) mass is 163 g/mol. The summed E-state index contributed by atoms with van der Waals surface area (Å²) < 4.78 is 4.25. The van der Waals surface area contributed by atoms with Crippen LogP contribution in [0.15, 0.2) is 0 Å². The van der Waals surface area contributed by atoms with Gasteiger partial charge in [0.1, 0.15) is 6.29 Å². The Bertz CT molecular complexity index is 148. The number of carboxylic acid groups (broad SMARTS) is 1. The van der Waals surface area contributed by atoms with Gasteiger partial charge in [-0.1, -0.05) is 0 Å². The Balaban J connectivity index is 3.87. The summed E-state index contributed by atoms with van der Waals surface area (Å²) in [5, 5.41) is 18.9. The molecule has 0 aromatic carbocycles. The van der Waals surface area contributed by atoms with Crippen molar-refractivity contribution < 1.29 is 24.5 Å². The van der Waals surface area contributed by atoms with Gasteiger partial charge in [-0.05, 0) is 0 Å². The molecule has 0 heterocycles. The van der Waals surface area contributed by atoms with Crippen LogP contribution in [-0.2, 0) is 14.3 Å². The fourth-order valence-electron chi connectivity index (χ4n) is 0.390. The van der Waals surface area contributed by atoms with Crippen LogP contribution in [0.5, 0.6) is 0 Å². The Morgan fingerprint density at radius 3 is 2.55 bits per heavy atom. The molecule has 0 aliphatic rings. The lowest BCUT2D eigenvalue weighted by molar-refractivity contribution is -0.149. The Labute approximate surface area is 62.8 Å². The van der Waals surface area contributed by atoms with Gasteiger partial charge in [0.2, 0.25) is 6.41 Å². The Kier molecular flexibility index (Phi) is 4.35. The van der Waals surface area contributed by atoms with Crippen molar-refractivity contribution in [1.29, 1.82) is 0 Å². The zero-order valence-corrected chi connectivity index (χ0v) is 5.85. The Morgan fingerprint density at radius 1 is 1.73 bits per heavy atom. The molecule has 2 unspecified atom stereocenters. The molecule has 0 amide bonds. The molecular formula is C5H9NO5. The molecule has 0 fully saturated rings. The van der Waals surface area contributed by atoms with Gasteiger partial charge in [-0.2, -0.15) is 0 Å². The molecule has 0 spiro atoms. The first-order valence-electron chi connectivity index (χ1n) is 2.76. The molecule has 0 aliphatic carbocycles. The summed E-state index contributed by atoms with van der Waals surface area (Å²) in [6.07, 6.45) is -1.29. The highest BCUT2D eigenvalue weighted by atomic mass is 16.6. The number of ether oxygens (including phenoxy) is 1. The summed E-state index contributed by atoms with van der Waals surface area (Å²) >= 11 is 0. The fourth-order valence-corrected chi connectivity index (χ4v) is 0.390. The highest BCUT2D eigenvalue weighted by Crippen LogP contribution is 1.83. The maximum Gasteiger partial charge on any atom is 0.328 e. The van der Waals surface area contributed by atoms with Crippen molar-refractivity contribution in [3.63, 3.8) is 0 Å². The molecule has 64 valence electrons. The maximum absolute atomic E-state index is 10.1. The van der Waals surface area contributed by atoms with Crippen molar-refractivity contribution in [1.82, 2.24) is 5.32 Å². The van der Waals surface area contributed by atoms with Crippen LogP contribution < -0.4 is 5.32 Å². The quantitative estimate of drug-likeness (QED) is 0.250. The van der Waals surface area contributed by atoms with Gasteiger partial charge >= 0.3 is 5.97 Å². The number of aldehydes is 1. The smallest absolute Gasteiger partial charge is 0.328 e. The van der Waals surface area contributed by atoms with Crippen molar-refractivity contribution >= 4 is 12.3 Å². The van der Waals surface area contributed by atoms with Gasteiger partial charge in [-0.15, -0.1) is 0 Å². The second-order valence-electron chi connectivity index (χ2n) is 1.71. The van der Waals surface area contributed by atoms with Crippen molar-refractivity contribution in [2.24, 2.45) is 0 Å². The van der Waals surface area contributed by atoms with Gasteiger partial charge in [0, 0.05) is 7.11 Å². The lowest BCUT2D eigenvalue weighted by atomic mass is 10.3. The SMILES string of the molecule is COC(O)NC(C=O)C(=O)O. The molecule has 6 heteroatoms.